The highest BCUT2D eigenvalue weighted by Crippen LogP contribution is 2.51. The number of hydrogen-bond acceptors (Lipinski definition) is 9. The van der Waals surface area contributed by atoms with Crippen LogP contribution in [0.15, 0.2) is 48.7 Å². The molecule has 1 aliphatic carbocycles. The lowest BCUT2D eigenvalue weighted by Gasteiger charge is -2.54. The van der Waals surface area contributed by atoms with Crippen LogP contribution in [-0.4, -0.2) is 75.5 Å². The molecule has 8 rings (SSSR count). The summed E-state index contributed by atoms with van der Waals surface area (Å²) in [5, 5.41) is 10.3. The number of imidazole rings is 1. The number of rotatable bonds is 8. The van der Waals surface area contributed by atoms with Crippen molar-refractivity contribution in [3.63, 3.8) is 0 Å². The van der Waals surface area contributed by atoms with Crippen LogP contribution < -0.4 is 19.1 Å². The number of hydrogen-bond donors (Lipinski definition) is 1. The number of para-hydroxylation sites is 1. The summed E-state index contributed by atoms with van der Waals surface area (Å²) in [7, 11) is 1.55. The van der Waals surface area contributed by atoms with Crippen LogP contribution in [0.25, 0.3) is 11.0 Å². The monoisotopic (exact) mass is 631 g/mol. The van der Waals surface area contributed by atoms with Crippen molar-refractivity contribution in [1.29, 1.82) is 0 Å². The highest BCUT2D eigenvalue weighted by atomic mass is 35.5. The third kappa shape index (κ3) is 4.76. The molecule has 45 heavy (non-hydrogen) atoms. The molecule has 0 spiro atoms. The van der Waals surface area contributed by atoms with Crippen LogP contribution in [0.4, 0.5) is 5.69 Å². The first-order valence-corrected chi connectivity index (χ1v) is 15.7. The van der Waals surface area contributed by atoms with E-state index in [1.807, 2.05) is 25.1 Å². The zero-order valence-electron chi connectivity index (χ0n) is 25.1. The Kier molecular flexibility index (Phi) is 6.81. The largest absolute Gasteiger partial charge is 0.494 e. The standard InChI is InChI=1S/C33H34ClN5O6/c1-33(28-9-6-20(34)16-35-28)44-26-5-3-4-24(31(26)45-33)38-12-11-37(22-7-8-23(22)38)18-29-36-30-25(39(29)17-21-10-13-43-21)14-19(32(40)41)15-27(30)42-2/h3-6,9,14-16,21-23H,7-8,10-13,17-18H2,1-2H3,(H,40,41)/t21-,22+,23+,33+/m0/s1. The maximum absolute atomic E-state index is 11.9. The van der Waals surface area contributed by atoms with E-state index in [1.54, 1.807) is 31.5 Å². The summed E-state index contributed by atoms with van der Waals surface area (Å²) < 4.78 is 26.4. The Balaban J connectivity index is 1.06. The first kappa shape index (κ1) is 28.4. The number of aromatic nitrogens is 3. The molecule has 1 saturated carbocycles. The van der Waals surface area contributed by atoms with E-state index < -0.39 is 11.8 Å². The van der Waals surface area contributed by atoms with E-state index in [2.05, 4.69) is 25.4 Å². The van der Waals surface area contributed by atoms with Gasteiger partial charge in [0.05, 0.1) is 48.1 Å². The number of piperazine rings is 1. The molecule has 1 N–H and O–H groups in total. The van der Waals surface area contributed by atoms with E-state index in [4.69, 9.17) is 35.5 Å². The number of methoxy groups -OCH3 is 1. The van der Waals surface area contributed by atoms with Gasteiger partial charge in [-0.3, -0.25) is 9.88 Å². The number of aromatic carboxylic acids is 1. The number of ether oxygens (including phenoxy) is 4. The minimum absolute atomic E-state index is 0.0880. The number of halogens is 1. The lowest BCUT2D eigenvalue weighted by atomic mass is 9.81. The summed E-state index contributed by atoms with van der Waals surface area (Å²) in [5.74, 6) is 0.750. The van der Waals surface area contributed by atoms with Gasteiger partial charge in [0.2, 0.25) is 0 Å². The van der Waals surface area contributed by atoms with E-state index in [0.717, 1.165) is 61.7 Å². The predicted molar refractivity (Wildman–Crippen MR) is 166 cm³/mol. The average molecular weight is 632 g/mol. The predicted octanol–water partition coefficient (Wildman–Crippen LogP) is 5.08. The molecule has 0 bridgehead atoms. The van der Waals surface area contributed by atoms with Crippen molar-refractivity contribution in [1.82, 2.24) is 19.4 Å². The van der Waals surface area contributed by atoms with Gasteiger partial charge in [-0.2, -0.15) is 0 Å². The van der Waals surface area contributed by atoms with Crippen molar-refractivity contribution in [2.45, 2.75) is 63.3 Å². The van der Waals surface area contributed by atoms with Gasteiger partial charge in [-0.25, -0.2) is 9.78 Å². The Morgan fingerprint density at radius 3 is 2.67 bits per heavy atom. The number of carboxylic acid groups (broad SMARTS) is 1. The van der Waals surface area contributed by atoms with E-state index in [9.17, 15) is 9.90 Å². The molecule has 4 atom stereocenters. The lowest BCUT2D eigenvalue weighted by Crippen LogP contribution is -2.64. The first-order chi connectivity index (χ1) is 21.8. The van der Waals surface area contributed by atoms with E-state index in [1.165, 1.54) is 0 Å². The number of fused-ring (bicyclic) bond motifs is 3. The van der Waals surface area contributed by atoms with Crippen LogP contribution in [0.3, 0.4) is 0 Å². The SMILES string of the molecule is COc1cc(C(=O)O)cc2c1nc(CN1CCN(c3cccc4c3O[C@](C)(c3ccc(Cl)cn3)O4)[C@@H]3CC[C@H]31)n2C[C@@H]1CCO1. The Morgan fingerprint density at radius 2 is 1.98 bits per heavy atom. The highest BCUT2D eigenvalue weighted by molar-refractivity contribution is 6.30. The summed E-state index contributed by atoms with van der Waals surface area (Å²) in [4.78, 5) is 26.4. The zero-order chi connectivity index (χ0) is 30.9. The molecule has 2 saturated heterocycles. The maximum atomic E-state index is 11.9. The van der Waals surface area contributed by atoms with Gasteiger partial charge in [0.1, 0.15) is 22.8 Å². The maximum Gasteiger partial charge on any atom is 0.335 e. The number of nitrogens with zero attached hydrogens (tertiary/aromatic N) is 5. The van der Waals surface area contributed by atoms with Crippen molar-refractivity contribution in [2.75, 3.05) is 31.7 Å². The molecule has 4 aromatic rings. The minimum atomic E-state index is -1.05. The summed E-state index contributed by atoms with van der Waals surface area (Å²) in [6.07, 6.45) is 4.82. The number of benzene rings is 2. The van der Waals surface area contributed by atoms with E-state index >= 15 is 0 Å². The van der Waals surface area contributed by atoms with E-state index in [0.29, 0.717) is 52.9 Å². The smallest absolute Gasteiger partial charge is 0.335 e. The topological polar surface area (TPSA) is 111 Å². The van der Waals surface area contributed by atoms with Gasteiger partial charge in [-0.15, -0.1) is 0 Å². The van der Waals surface area contributed by atoms with Crippen LogP contribution in [0, 0.1) is 0 Å². The van der Waals surface area contributed by atoms with Crippen LogP contribution >= 0.6 is 11.6 Å². The number of pyridine rings is 1. The second-order valence-corrected chi connectivity index (χ2v) is 12.7. The molecule has 4 aliphatic rings. The molecule has 3 fully saturated rings. The van der Waals surface area contributed by atoms with Crippen molar-refractivity contribution in [3.8, 4) is 17.2 Å². The second kappa shape index (κ2) is 10.8. The van der Waals surface area contributed by atoms with Crippen LogP contribution in [0.5, 0.6) is 17.2 Å². The third-order valence-electron chi connectivity index (χ3n) is 9.65. The molecule has 0 radical (unpaired) electrons. The van der Waals surface area contributed by atoms with Crippen LogP contribution in [-0.2, 0) is 23.6 Å². The summed E-state index contributed by atoms with van der Waals surface area (Å²) >= 11 is 6.08. The Bertz CT molecular complexity index is 1790. The van der Waals surface area contributed by atoms with Gasteiger partial charge in [0, 0.05) is 44.9 Å². The fourth-order valence-corrected chi connectivity index (χ4v) is 7.17. The van der Waals surface area contributed by atoms with Gasteiger partial charge in [-0.05, 0) is 55.7 Å². The second-order valence-electron chi connectivity index (χ2n) is 12.3. The summed E-state index contributed by atoms with van der Waals surface area (Å²) in [6.45, 7) is 5.55. The van der Waals surface area contributed by atoms with Crippen LogP contribution in [0.2, 0.25) is 5.02 Å². The van der Waals surface area contributed by atoms with Crippen molar-refractivity contribution < 1.29 is 28.8 Å². The lowest BCUT2D eigenvalue weighted by molar-refractivity contribution is -0.0717. The summed E-state index contributed by atoms with van der Waals surface area (Å²) in [5.41, 5.74) is 3.30. The Labute approximate surface area is 265 Å². The van der Waals surface area contributed by atoms with Crippen molar-refractivity contribution >= 4 is 34.3 Å². The summed E-state index contributed by atoms with van der Waals surface area (Å²) in [6, 6.07) is 13.6. The molecule has 11 nitrogen and oxygen atoms in total. The molecule has 2 aromatic carbocycles. The first-order valence-electron chi connectivity index (χ1n) is 15.4. The van der Waals surface area contributed by atoms with Crippen molar-refractivity contribution in [2.24, 2.45) is 0 Å². The number of carbonyl (C=O) groups is 1. The third-order valence-corrected chi connectivity index (χ3v) is 9.87. The molecular formula is C33H34ClN5O6. The molecule has 5 heterocycles. The van der Waals surface area contributed by atoms with E-state index in [-0.39, 0.29) is 11.7 Å². The molecule has 12 heteroatoms. The highest BCUT2D eigenvalue weighted by Gasteiger charge is 2.47. The molecule has 3 aliphatic heterocycles. The Hall–Kier alpha value is -4.06. The van der Waals surface area contributed by atoms with Crippen molar-refractivity contribution in [3.05, 3.63) is 70.8 Å². The fraction of sp³-hybridized carbons (Fsp3) is 0.424. The zero-order valence-corrected chi connectivity index (χ0v) is 25.9. The number of carboxylic acids is 1. The molecule has 2 aromatic heterocycles. The van der Waals surface area contributed by atoms with Crippen LogP contribution in [0.1, 0.15) is 48.1 Å². The van der Waals surface area contributed by atoms with Gasteiger partial charge in [0.25, 0.3) is 5.79 Å². The fourth-order valence-electron chi connectivity index (χ4n) is 7.06. The normalized spacial score (nSPS) is 25.5. The molecule has 0 amide bonds. The molecular weight excluding hydrogens is 598 g/mol. The minimum Gasteiger partial charge on any atom is -0.494 e. The quantitative estimate of drug-likeness (QED) is 0.283. The average Bonchev–Trinajstić information content (AvgIpc) is 3.52. The Morgan fingerprint density at radius 1 is 1.13 bits per heavy atom. The number of anilines is 1. The van der Waals surface area contributed by atoms with Gasteiger partial charge < -0.3 is 33.5 Å². The van der Waals surface area contributed by atoms with Gasteiger partial charge >= 0.3 is 5.97 Å². The van der Waals surface area contributed by atoms with Gasteiger partial charge in [-0.1, -0.05) is 17.7 Å². The molecule has 0 unspecified atom stereocenters. The molecule has 234 valence electrons. The van der Waals surface area contributed by atoms with Gasteiger partial charge in [0.15, 0.2) is 11.5 Å².